The first-order valence-electron chi connectivity index (χ1n) is 6.21. The Bertz CT molecular complexity index is 769. The number of aromatic nitrogens is 1. The molecule has 7 heteroatoms. The molecule has 0 bridgehead atoms. The fourth-order valence-electron chi connectivity index (χ4n) is 2.56. The van der Waals surface area contributed by atoms with Crippen molar-refractivity contribution in [3.8, 4) is 0 Å². The first-order valence-corrected chi connectivity index (χ1v) is 7.66. The maximum absolute atomic E-state index is 13.0. The van der Waals surface area contributed by atoms with Crippen molar-refractivity contribution in [2.24, 2.45) is 0 Å². The van der Waals surface area contributed by atoms with E-state index in [0.717, 1.165) is 16.5 Å². The zero-order valence-electron chi connectivity index (χ0n) is 10.5. The van der Waals surface area contributed by atoms with Crippen molar-refractivity contribution in [3.05, 3.63) is 36.0 Å². The van der Waals surface area contributed by atoms with Crippen LogP contribution < -0.4 is 0 Å². The van der Waals surface area contributed by atoms with Gasteiger partial charge in [-0.05, 0) is 17.0 Å². The van der Waals surface area contributed by atoms with Gasteiger partial charge in [0.1, 0.15) is 5.25 Å². The second-order valence-corrected chi connectivity index (χ2v) is 6.55. The van der Waals surface area contributed by atoms with Gasteiger partial charge in [0.15, 0.2) is 0 Å². The highest BCUT2D eigenvalue weighted by atomic mass is 32.3. The summed E-state index contributed by atoms with van der Waals surface area (Å²) in [6, 6.07) is 7.59. The van der Waals surface area contributed by atoms with E-state index in [1.165, 1.54) is 4.90 Å². The molecule has 1 aromatic carbocycles. The number of amides is 1. The van der Waals surface area contributed by atoms with E-state index in [-0.39, 0.29) is 25.4 Å². The second kappa shape index (κ2) is 4.59. The Morgan fingerprint density at radius 1 is 1.35 bits per heavy atom. The van der Waals surface area contributed by atoms with Gasteiger partial charge in [0.2, 0.25) is 5.91 Å². The predicted octanol–water partition coefficient (Wildman–Crippen LogP) is 1.57. The number of nitrogens with one attached hydrogen (secondary N) is 1. The molecule has 20 heavy (non-hydrogen) atoms. The zero-order chi connectivity index (χ0) is 14.3. The molecule has 0 aliphatic carbocycles. The largest absolute Gasteiger partial charge is 0.361 e. The summed E-state index contributed by atoms with van der Waals surface area (Å²) in [5, 5.41) is -0.221. The van der Waals surface area contributed by atoms with Crippen LogP contribution in [-0.2, 0) is 21.6 Å². The van der Waals surface area contributed by atoms with Gasteiger partial charge in [-0.2, -0.15) is 8.42 Å². The Kier molecular flexibility index (Phi) is 3.01. The number of halogens is 1. The Hall–Kier alpha value is -1.89. The number of rotatable bonds is 3. The van der Waals surface area contributed by atoms with Gasteiger partial charge in [-0.25, -0.2) is 0 Å². The summed E-state index contributed by atoms with van der Waals surface area (Å²) in [7, 11) is -4.66. The third kappa shape index (κ3) is 2.29. The number of fused-ring (bicyclic) bond motifs is 1. The minimum atomic E-state index is -4.66. The highest BCUT2D eigenvalue weighted by Gasteiger charge is 2.38. The van der Waals surface area contributed by atoms with Crippen molar-refractivity contribution in [2.75, 3.05) is 6.54 Å². The van der Waals surface area contributed by atoms with E-state index in [9.17, 15) is 17.1 Å². The Morgan fingerprint density at radius 2 is 2.15 bits per heavy atom. The molecule has 3 rings (SSSR count). The summed E-state index contributed by atoms with van der Waals surface area (Å²) in [4.78, 5) is 16.3. The minimum Gasteiger partial charge on any atom is -0.361 e. The predicted molar refractivity (Wildman–Crippen MR) is 72.1 cm³/mol. The average Bonchev–Trinajstić information content (AvgIpc) is 2.96. The highest BCUT2D eigenvalue weighted by Crippen LogP contribution is 2.24. The molecule has 106 valence electrons. The monoisotopic (exact) mass is 296 g/mol. The van der Waals surface area contributed by atoms with Crippen LogP contribution in [0.15, 0.2) is 30.5 Å². The van der Waals surface area contributed by atoms with Crippen molar-refractivity contribution in [1.82, 2.24) is 9.88 Å². The quantitative estimate of drug-likeness (QED) is 0.874. The van der Waals surface area contributed by atoms with Crippen molar-refractivity contribution in [2.45, 2.75) is 18.2 Å². The van der Waals surface area contributed by atoms with Crippen LogP contribution in [0, 0.1) is 0 Å². The topological polar surface area (TPSA) is 70.2 Å². The van der Waals surface area contributed by atoms with Crippen LogP contribution in [0.5, 0.6) is 0 Å². The molecule has 1 amide bonds. The maximum atomic E-state index is 13.0. The fourth-order valence-corrected chi connectivity index (χ4v) is 3.26. The molecule has 1 unspecified atom stereocenters. The maximum Gasteiger partial charge on any atom is 0.307 e. The van der Waals surface area contributed by atoms with Crippen LogP contribution in [0.3, 0.4) is 0 Å². The van der Waals surface area contributed by atoms with Gasteiger partial charge in [0, 0.05) is 25.7 Å². The van der Waals surface area contributed by atoms with Crippen LogP contribution in [-0.4, -0.2) is 36.0 Å². The van der Waals surface area contributed by atoms with Crippen LogP contribution in [0.25, 0.3) is 10.9 Å². The van der Waals surface area contributed by atoms with Crippen molar-refractivity contribution < 1.29 is 17.1 Å². The Balaban J connectivity index is 1.85. The summed E-state index contributed by atoms with van der Waals surface area (Å²) in [6.45, 7) is 0.192. The SMILES string of the molecule is O=C1CC(S(=O)(=O)F)CN1Cc1cccc2cc[nH]c12. The lowest BCUT2D eigenvalue weighted by Crippen LogP contribution is -2.26. The number of benzene rings is 1. The molecule has 2 heterocycles. The number of nitrogens with zero attached hydrogens (tertiary/aromatic N) is 1. The highest BCUT2D eigenvalue weighted by molar-refractivity contribution is 7.87. The first kappa shape index (κ1) is 13.1. The number of hydrogen-bond donors (Lipinski definition) is 1. The summed E-state index contributed by atoms with van der Waals surface area (Å²) in [5.41, 5.74) is 1.80. The molecule has 1 atom stereocenters. The molecule has 1 N–H and O–H groups in total. The first-order chi connectivity index (χ1) is 9.45. The molecule has 1 aliphatic heterocycles. The van der Waals surface area contributed by atoms with Gasteiger partial charge >= 0.3 is 10.2 Å². The molecule has 0 radical (unpaired) electrons. The van der Waals surface area contributed by atoms with E-state index in [1.54, 1.807) is 6.20 Å². The standard InChI is InChI=1S/C13H13FN2O3S/c14-20(18,19)11-6-12(17)16(8-11)7-10-3-1-2-9-4-5-15-13(9)10/h1-5,11,15H,6-8H2. The van der Waals surface area contributed by atoms with Gasteiger partial charge in [0.25, 0.3) is 0 Å². The number of carbonyl (C=O) groups is 1. The molecule has 1 aromatic heterocycles. The third-order valence-electron chi connectivity index (χ3n) is 3.61. The lowest BCUT2D eigenvalue weighted by molar-refractivity contribution is -0.128. The number of hydrogen-bond acceptors (Lipinski definition) is 3. The third-order valence-corrected chi connectivity index (χ3v) is 4.72. The van der Waals surface area contributed by atoms with Crippen LogP contribution in [0.1, 0.15) is 12.0 Å². The van der Waals surface area contributed by atoms with Gasteiger partial charge in [-0.1, -0.05) is 18.2 Å². The molecule has 2 aromatic rings. The number of carbonyl (C=O) groups excluding carboxylic acids is 1. The number of likely N-dealkylation sites (tertiary alicyclic amines) is 1. The van der Waals surface area contributed by atoms with E-state index < -0.39 is 15.5 Å². The fraction of sp³-hybridized carbons (Fsp3) is 0.308. The van der Waals surface area contributed by atoms with E-state index in [0.29, 0.717) is 0 Å². The minimum absolute atomic E-state index is 0.0885. The smallest absolute Gasteiger partial charge is 0.307 e. The van der Waals surface area contributed by atoms with Gasteiger partial charge < -0.3 is 9.88 Å². The summed E-state index contributed by atoms with van der Waals surface area (Å²) in [6.07, 6.45) is 1.52. The van der Waals surface area contributed by atoms with Crippen LogP contribution in [0.2, 0.25) is 0 Å². The number of H-pyrrole nitrogens is 1. The molecular weight excluding hydrogens is 283 g/mol. The summed E-state index contributed by atoms with van der Waals surface area (Å²) in [5.74, 6) is -0.334. The van der Waals surface area contributed by atoms with E-state index in [4.69, 9.17) is 0 Å². The number of para-hydroxylation sites is 1. The molecule has 0 spiro atoms. The summed E-state index contributed by atoms with van der Waals surface area (Å²) < 4.78 is 34.8. The Morgan fingerprint density at radius 3 is 2.85 bits per heavy atom. The molecule has 1 aliphatic rings. The lowest BCUT2D eigenvalue weighted by atomic mass is 10.1. The average molecular weight is 296 g/mol. The molecule has 5 nitrogen and oxygen atoms in total. The van der Waals surface area contributed by atoms with E-state index in [2.05, 4.69) is 4.98 Å². The Labute approximate surface area is 115 Å². The van der Waals surface area contributed by atoms with Crippen molar-refractivity contribution >= 4 is 27.0 Å². The van der Waals surface area contributed by atoms with Crippen molar-refractivity contribution in [3.63, 3.8) is 0 Å². The summed E-state index contributed by atoms with van der Waals surface area (Å²) >= 11 is 0. The van der Waals surface area contributed by atoms with Gasteiger partial charge in [-0.15, -0.1) is 3.89 Å². The van der Waals surface area contributed by atoms with E-state index in [1.807, 2.05) is 24.3 Å². The van der Waals surface area contributed by atoms with Crippen LogP contribution in [0.4, 0.5) is 3.89 Å². The van der Waals surface area contributed by atoms with Crippen molar-refractivity contribution in [1.29, 1.82) is 0 Å². The van der Waals surface area contributed by atoms with Gasteiger partial charge in [0.05, 0.1) is 5.52 Å². The molecular formula is C13H13FN2O3S. The molecule has 1 saturated heterocycles. The normalized spacial score (nSPS) is 19.9. The zero-order valence-corrected chi connectivity index (χ0v) is 11.4. The van der Waals surface area contributed by atoms with Gasteiger partial charge in [-0.3, -0.25) is 4.79 Å². The molecule has 0 saturated carbocycles. The molecule has 1 fully saturated rings. The van der Waals surface area contributed by atoms with E-state index >= 15 is 0 Å². The second-order valence-electron chi connectivity index (χ2n) is 4.93. The number of aromatic amines is 1. The lowest BCUT2D eigenvalue weighted by Gasteiger charge is -2.16. The van der Waals surface area contributed by atoms with Crippen LogP contribution >= 0.6 is 0 Å².